The Bertz CT molecular complexity index is 1460. The van der Waals surface area contributed by atoms with Crippen LogP contribution in [0, 0.1) is 5.92 Å². The van der Waals surface area contributed by atoms with Gasteiger partial charge in [-0.15, -0.1) is 0 Å². The number of fused-ring (bicyclic) bond motifs is 1. The number of hydrogen-bond acceptors (Lipinski definition) is 5. The molecule has 2 aromatic carbocycles. The number of anilines is 1. The van der Waals surface area contributed by atoms with Crippen LogP contribution in [-0.2, 0) is 22.7 Å². The molecule has 3 heterocycles. The Morgan fingerprint density at radius 1 is 1.05 bits per heavy atom. The molecular formula is C32H39N5O5. The topological polar surface area (TPSA) is 96.4 Å². The molecule has 4 amide bonds. The molecule has 0 unspecified atom stereocenters. The van der Waals surface area contributed by atoms with Crippen molar-refractivity contribution in [2.75, 3.05) is 51.3 Å². The zero-order valence-corrected chi connectivity index (χ0v) is 24.2. The Balaban J connectivity index is 1.14. The van der Waals surface area contributed by atoms with E-state index in [0.717, 1.165) is 40.9 Å². The fourth-order valence-corrected chi connectivity index (χ4v) is 5.94. The molecular weight excluding hydrogens is 534 g/mol. The summed E-state index contributed by atoms with van der Waals surface area (Å²) in [5.41, 5.74) is 2.76. The molecule has 6 rings (SSSR count). The van der Waals surface area contributed by atoms with Crippen LogP contribution >= 0.6 is 0 Å². The van der Waals surface area contributed by atoms with Gasteiger partial charge in [0.25, 0.3) is 0 Å². The van der Waals surface area contributed by atoms with Crippen LogP contribution in [0.2, 0.25) is 0 Å². The van der Waals surface area contributed by atoms with Crippen molar-refractivity contribution in [1.29, 1.82) is 0 Å². The van der Waals surface area contributed by atoms with E-state index in [9.17, 15) is 14.4 Å². The largest absolute Gasteiger partial charge is 0.493 e. The van der Waals surface area contributed by atoms with Crippen molar-refractivity contribution in [3.8, 4) is 11.5 Å². The van der Waals surface area contributed by atoms with E-state index in [-0.39, 0.29) is 30.9 Å². The highest BCUT2D eigenvalue weighted by molar-refractivity contribution is 5.94. The van der Waals surface area contributed by atoms with Crippen LogP contribution in [0.4, 0.5) is 10.5 Å². The highest BCUT2D eigenvalue weighted by Gasteiger charge is 2.28. The van der Waals surface area contributed by atoms with E-state index in [1.54, 1.807) is 12.0 Å². The molecule has 3 aliphatic rings. The van der Waals surface area contributed by atoms with Crippen LogP contribution < -0.4 is 19.7 Å². The SMILES string of the molecule is COc1ccc(N2CCCN(Cc3cccc4c3ccn4CC(=O)N3CCNC(=O)C3)C2=O)cc1OCCCC1CC1. The molecule has 0 spiro atoms. The van der Waals surface area contributed by atoms with Gasteiger partial charge in [-0.25, -0.2) is 4.79 Å². The number of urea groups is 1. The summed E-state index contributed by atoms with van der Waals surface area (Å²) in [4.78, 5) is 43.6. The molecule has 1 aromatic heterocycles. The number of carbonyl (C=O) groups excluding carboxylic acids is 3. The maximum absolute atomic E-state index is 13.7. The van der Waals surface area contributed by atoms with Crippen molar-refractivity contribution in [2.24, 2.45) is 5.92 Å². The Morgan fingerprint density at radius 3 is 2.74 bits per heavy atom. The average Bonchev–Trinajstić information content (AvgIpc) is 3.74. The summed E-state index contributed by atoms with van der Waals surface area (Å²) in [6.45, 7) is 3.68. The Kier molecular flexibility index (Phi) is 8.21. The first-order chi connectivity index (χ1) is 20.5. The van der Waals surface area contributed by atoms with Crippen LogP contribution in [0.15, 0.2) is 48.7 Å². The molecule has 3 aromatic rings. The van der Waals surface area contributed by atoms with E-state index in [1.807, 2.05) is 63.0 Å². The molecule has 0 atom stereocenters. The minimum absolute atomic E-state index is 0.0407. The van der Waals surface area contributed by atoms with Crippen LogP contribution in [0.25, 0.3) is 10.9 Å². The van der Waals surface area contributed by atoms with Gasteiger partial charge in [0, 0.05) is 61.6 Å². The molecule has 10 nitrogen and oxygen atoms in total. The van der Waals surface area contributed by atoms with Crippen LogP contribution in [0.1, 0.15) is 37.7 Å². The average molecular weight is 574 g/mol. The highest BCUT2D eigenvalue weighted by Crippen LogP contribution is 2.35. The number of rotatable bonds is 11. The number of nitrogens with one attached hydrogen (secondary N) is 1. The van der Waals surface area contributed by atoms with E-state index >= 15 is 0 Å². The Hall–Kier alpha value is -4.21. The normalized spacial score (nSPS) is 17.5. The van der Waals surface area contributed by atoms with Crippen molar-refractivity contribution in [2.45, 2.75) is 45.2 Å². The van der Waals surface area contributed by atoms with Crippen molar-refractivity contribution in [3.05, 3.63) is 54.2 Å². The third kappa shape index (κ3) is 6.17. The summed E-state index contributed by atoms with van der Waals surface area (Å²) >= 11 is 0. The number of amides is 4. The molecule has 2 saturated heterocycles. The van der Waals surface area contributed by atoms with Crippen molar-refractivity contribution in [1.82, 2.24) is 19.7 Å². The monoisotopic (exact) mass is 573 g/mol. The second kappa shape index (κ2) is 12.3. The lowest BCUT2D eigenvalue weighted by Crippen LogP contribution is -2.50. The van der Waals surface area contributed by atoms with Crippen LogP contribution in [-0.4, -0.2) is 78.7 Å². The van der Waals surface area contributed by atoms with Gasteiger partial charge >= 0.3 is 6.03 Å². The van der Waals surface area contributed by atoms with Gasteiger partial charge in [-0.1, -0.05) is 25.0 Å². The predicted molar refractivity (Wildman–Crippen MR) is 160 cm³/mol. The summed E-state index contributed by atoms with van der Waals surface area (Å²) in [5.74, 6) is 2.00. The van der Waals surface area contributed by atoms with Gasteiger partial charge in [0.15, 0.2) is 11.5 Å². The summed E-state index contributed by atoms with van der Waals surface area (Å²) in [5, 5.41) is 3.77. The second-order valence-corrected chi connectivity index (χ2v) is 11.4. The lowest BCUT2D eigenvalue weighted by Gasteiger charge is -2.36. The number of methoxy groups -OCH3 is 1. The fourth-order valence-electron chi connectivity index (χ4n) is 5.94. The summed E-state index contributed by atoms with van der Waals surface area (Å²) < 4.78 is 13.5. The Labute approximate surface area is 246 Å². The maximum atomic E-state index is 13.7. The maximum Gasteiger partial charge on any atom is 0.324 e. The molecule has 0 radical (unpaired) electrons. The quantitative estimate of drug-likeness (QED) is 0.350. The van der Waals surface area contributed by atoms with E-state index in [2.05, 4.69) is 5.32 Å². The van der Waals surface area contributed by atoms with Gasteiger partial charge in [0.1, 0.15) is 6.54 Å². The molecule has 10 heteroatoms. The van der Waals surface area contributed by atoms with E-state index in [4.69, 9.17) is 9.47 Å². The number of piperazine rings is 1. The third-order valence-electron chi connectivity index (χ3n) is 8.44. The third-order valence-corrected chi connectivity index (χ3v) is 8.44. The molecule has 1 saturated carbocycles. The number of ether oxygens (including phenoxy) is 2. The second-order valence-electron chi connectivity index (χ2n) is 11.4. The predicted octanol–water partition coefficient (Wildman–Crippen LogP) is 4.01. The lowest BCUT2D eigenvalue weighted by atomic mass is 10.1. The zero-order valence-electron chi connectivity index (χ0n) is 24.2. The highest BCUT2D eigenvalue weighted by atomic mass is 16.5. The van der Waals surface area contributed by atoms with Gasteiger partial charge in [-0.05, 0) is 55.0 Å². The first kappa shape index (κ1) is 27.9. The molecule has 1 N–H and O–H groups in total. The van der Waals surface area contributed by atoms with E-state index in [1.165, 1.54) is 19.3 Å². The van der Waals surface area contributed by atoms with Gasteiger partial charge in [0.05, 0.1) is 20.3 Å². The zero-order chi connectivity index (χ0) is 29.1. The number of nitrogens with zero attached hydrogens (tertiary/aromatic N) is 4. The molecule has 222 valence electrons. The van der Waals surface area contributed by atoms with Gasteiger partial charge in [-0.2, -0.15) is 0 Å². The summed E-state index contributed by atoms with van der Waals surface area (Å²) in [6, 6.07) is 13.7. The number of carbonyl (C=O) groups is 3. The van der Waals surface area contributed by atoms with Crippen LogP contribution in [0.5, 0.6) is 11.5 Å². The van der Waals surface area contributed by atoms with E-state index < -0.39 is 0 Å². The molecule has 42 heavy (non-hydrogen) atoms. The summed E-state index contributed by atoms with van der Waals surface area (Å²) in [6.07, 6.45) is 7.66. The van der Waals surface area contributed by atoms with Crippen molar-refractivity contribution >= 4 is 34.4 Å². The first-order valence-corrected chi connectivity index (χ1v) is 15.0. The molecule has 0 bridgehead atoms. The lowest BCUT2D eigenvalue weighted by molar-refractivity contribution is -0.138. The number of aromatic nitrogens is 1. The van der Waals surface area contributed by atoms with Crippen molar-refractivity contribution in [3.63, 3.8) is 0 Å². The van der Waals surface area contributed by atoms with E-state index in [0.29, 0.717) is 50.8 Å². The summed E-state index contributed by atoms with van der Waals surface area (Å²) in [7, 11) is 1.63. The molecule has 2 aliphatic heterocycles. The van der Waals surface area contributed by atoms with Gasteiger partial charge in [0.2, 0.25) is 11.8 Å². The van der Waals surface area contributed by atoms with Crippen LogP contribution in [0.3, 0.4) is 0 Å². The van der Waals surface area contributed by atoms with Crippen molar-refractivity contribution < 1.29 is 23.9 Å². The van der Waals surface area contributed by atoms with Gasteiger partial charge in [-0.3, -0.25) is 14.5 Å². The molecule has 3 fully saturated rings. The standard InChI is InChI=1S/C32H39N5O5/c1-41-28-11-10-25(19-29(28)42-18-3-5-23-8-9-23)37-15-4-14-36(32(37)40)20-24-6-2-7-27-26(24)12-16-34(27)22-31(39)35-17-13-33-30(38)21-35/h2,6-7,10-12,16,19,23H,3-5,8-9,13-15,17-18,20-22H2,1H3,(H,33,38). The smallest absolute Gasteiger partial charge is 0.324 e. The Morgan fingerprint density at radius 2 is 1.93 bits per heavy atom. The van der Waals surface area contributed by atoms with Gasteiger partial charge < -0.3 is 29.2 Å². The fraction of sp³-hybridized carbons (Fsp3) is 0.469. The minimum atomic E-state index is -0.128. The molecule has 1 aliphatic carbocycles. The minimum Gasteiger partial charge on any atom is -0.493 e. The number of hydrogen-bond donors (Lipinski definition) is 1. The number of benzene rings is 2. The first-order valence-electron chi connectivity index (χ1n) is 15.0.